The number of tetrazole rings is 1. The molecule has 0 fully saturated rings. The summed E-state index contributed by atoms with van der Waals surface area (Å²) >= 11 is 0. The van der Waals surface area contributed by atoms with Crippen molar-refractivity contribution in [3.63, 3.8) is 0 Å². The highest BCUT2D eigenvalue weighted by Crippen LogP contribution is 2.32. The summed E-state index contributed by atoms with van der Waals surface area (Å²) in [5, 5.41) is 13.9. The number of nitrogens with zero attached hydrogens (tertiary/aromatic N) is 5. The van der Waals surface area contributed by atoms with Gasteiger partial charge in [0.1, 0.15) is 5.75 Å². The third-order valence-corrected chi connectivity index (χ3v) is 6.50. The minimum Gasteiger partial charge on any atom is -0.497 e. The summed E-state index contributed by atoms with van der Waals surface area (Å²) in [6.07, 6.45) is 0. The Morgan fingerprint density at radius 2 is 1.81 bits per heavy atom. The molecule has 0 saturated carbocycles. The van der Waals surface area contributed by atoms with E-state index in [1.807, 2.05) is 48.0 Å². The molecule has 2 aromatic heterocycles. The number of para-hydroxylation sites is 1. The van der Waals surface area contributed by atoms with Gasteiger partial charge in [0.05, 0.1) is 24.2 Å². The van der Waals surface area contributed by atoms with Crippen molar-refractivity contribution >= 4 is 10.9 Å². The molecule has 2 aromatic carbocycles. The lowest BCUT2D eigenvalue weighted by Crippen LogP contribution is -2.37. The van der Waals surface area contributed by atoms with Crippen LogP contribution in [0.1, 0.15) is 63.2 Å². The lowest BCUT2D eigenvalue weighted by atomic mass is 9.98. The van der Waals surface area contributed by atoms with Crippen LogP contribution in [0.25, 0.3) is 10.9 Å². The molecule has 8 nitrogen and oxygen atoms in total. The molecule has 8 heteroatoms. The van der Waals surface area contributed by atoms with E-state index in [1.54, 1.807) is 7.11 Å². The molecule has 0 aliphatic heterocycles. The Labute approximate surface area is 212 Å². The molecule has 0 aliphatic rings. The Kier molecular flexibility index (Phi) is 7.26. The highest BCUT2D eigenvalue weighted by atomic mass is 16.5. The fourth-order valence-electron chi connectivity index (χ4n) is 4.72. The van der Waals surface area contributed by atoms with Gasteiger partial charge in [-0.25, -0.2) is 4.68 Å². The monoisotopic (exact) mass is 488 g/mol. The first-order valence-corrected chi connectivity index (χ1v) is 12.4. The van der Waals surface area contributed by atoms with Crippen LogP contribution in [0.3, 0.4) is 0 Å². The average molecular weight is 489 g/mol. The number of hydrogen-bond acceptors (Lipinski definition) is 6. The minimum absolute atomic E-state index is 0.0746. The molecular weight excluding hydrogens is 452 g/mol. The molecule has 190 valence electrons. The predicted octanol–water partition coefficient (Wildman–Crippen LogP) is 4.99. The quantitative estimate of drug-likeness (QED) is 0.376. The number of ether oxygens (including phenoxy) is 1. The highest BCUT2D eigenvalue weighted by Gasteiger charge is 2.33. The molecule has 0 unspecified atom stereocenters. The predicted molar refractivity (Wildman–Crippen MR) is 142 cm³/mol. The van der Waals surface area contributed by atoms with Gasteiger partial charge in [-0.1, -0.05) is 44.2 Å². The molecule has 0 spiro atoms. The summed E-state index contributed by atoms with van der Waals surface area (Å²) in [4.78, 5) is 18.6. The van der Waals surface area contributed by atoms with Gasteiger partial charge in [-0.3, -0.25) is 9.69 Å². The van der Waals surface area contributed by atoms with Gasteiger partial charge in [-0.15, -0.1) is 5.10 Å². The summed E-state index contributed by atoms with van der Waals surface area (Å²) in [6, 6.07) is 16.0. The van der Waals surface area contributed by atoms with Crippen LogP contribution in [-0.2, 0) is 18.6 Å². The van der Waals surface area contributed by atoms with Crippen LogP contribution in [-0.4, -0.2) is 37.2 Å². The largest absolute Gasteiger partial charge is 0.497 e. The number of pyridine rings is 1. The van der Waals surface area contributed by atoms with Crippen molar-refractivity contribution in [1.29, 1.82) is 0 Å². The van der Waals surface area contributed by atoms with Crippen molar-refractivity contribution in [2.24, 2.45) is 5.92 Å². The van der Waals surface area contributed by atoms with Crippen molar-refractivity contribution in [2.45, 2.75) is 66.2 Å². The summed E-state index contributed by atoms with van der Waals surface area (Å²) < 4.78 is 7.24. The van der Waals surface area contributed by atoms with E-state index in [9.17, 15) is 4.79 Å². The fraction of sp³-hybridized carbons (Fsp3) is 0.429. The zero-order chi connectivity index (χ0) is 26.0. The molecule has 4 rings (SSSR count). The van der Waals surface area contributed by atoms with Gasteiger partial charge in [0.25, 0.3) is 5.56 Å². The number of H-pyrrole nitrogens is 1. The van der Waals surface area contributed by atoms with Gasteiger partial charge < -0.3 is 9.72 Å². The van der Waals surface area contributed by atoms with Gasteiger partial charge >= 0.3 is 0 Å². The second-order valence-corrected chi connectivity index (χ2v) is 10.7. The number of benzene rings is 2. The van der Waals surface area contributed by atoms with Crippen molar-refractivity contribution < 1.29 is 4.74 Å². The van der Waals surface area contributed by atoms with E-state index in [1.165, 1.54) is 0 Å². The Morgan fingerprint density at radius 3 is 2.44 bits per heavy atom. The average Bonchev–Trinajstić information content (AvgIpc) is 3.30. The molecule has 1 N–H and O–H groups in total. The lowest BCUT2D eigenvalue weighted by molar-refractivity contribution is 0.119. The molecule has 4 aromatic rings. The molecule has 0 bridgehead atoms. The van der Waals surface area contributed by atoms with Gasteiger partial charge in [0, 0.05) is 18.7 Å². The number of rotatable bonds is 8. The minimum atomic E-state index is -0.282. The maximum Gasteiger partial charge on any atom is 0.252 e. The number of methoxy groups -OCH3 is 1. The Bertz CT molecular complexity index is 1380. The van der Waals surface area contributed by atoms with E-state index < -0.39 is 0 Å². The first-order valence-electron chi connectivity index (χ1n) is 12.4. The highest BCUT2D eigenvalue weighted by molar-refractivity contribution is 5.81. The van der Waals surface area contributed by atoms with Crippen LogP contribution in [0.15, 0.2) is 53.3 Å². The second-order valence-electron chi connectivity index (χ2n) is 10.7. The first-order chi connectivity index (χ1) is 17.1. The van der Waals surface area contributed by atoms with E-state index >= 15 is 0 Å². The van der Waals surface area contributed by atoms with E-state index in [-0.39, 0.29) is 23.1 Å². The number of aromatic nitrogens is 5. The SMILES string of the molecule is COc1ccc(CN(Cc2cc3cccc(C)c3[nH]c2=O)[C@H](c2nnnn2C(C)(C)C)C(C)C)cc1. The summed E-state index contributed by atoms with van der Waals surface area (Å²) in [5.74, 6) is 1.79. The third-order valence-electron chi connectivity index (χ3n) is 6.50. The number of aromatic amines is 1. The molecule has 0 saturated heterocycles. The van der Waals surface area contributed by atoms with Gasteiger partial charge in [0.15, 0.2) is 5.82 Å². The standard InChI is InChI=1S/C28H36N6O2/c1-18(2)25(26-30-31-32-34(26)28(4,5)6)33(16-20-11-13-23(36-7)14-12-20)17-22-15-21-10-8-9-19(3)24(21)29-27(22)35/h8-15,18,25H,16-17H2,1-7H3,(H,29,35)/t25-/m0/s1. The van der Waals surface area contributed by atoms with E-state index in [0.29, 0.717) is 18.7 Å². The molecule has 0 radical (unpaired) electrons. The fourth-order valence-corrected chi connectivity index (χ4v) is 4.72. The third kappa shape index (κ3) is 5.33. The summed E-state index contributed by atoms with van der Waals surface area (Å²) in [5.41, 5.74) is 3.40. The van der Waals surface area contributed by atoms with E-state index in [0.717, 1.165) is 33.6 Å². The molecule has 36 heavy (non-hydrogen) atoms. The Morgan fingerprint density at radius 1 is 1.08 bits per heavy atom. The maximum atomic E-state index is 13.2. The first kappa shape index (κ1) is 25.6. The number of nitrogens with one attached hydrogen (secondary N) is 1. The number of aryl methyl sites for hydroxylation is 1. The van der Waals surface area contributed by atoms with Crippen LogP contribution in [0.5, 0.6) is 5.75 Å². The van der Waals surface area contributed by atoms with Crippen molar-refractivity contribution in [3.8, 4) is 5.75 Å². The molecule has 0 amide bonds. The molecular formula is C28H36N6O2. The zero-order valence-corrected chi connectivity index (χ0v) is 22.2. The topological polar surface area (TPSA) is 88.9 Å². The lowest BCUT2D eigenvalue weighted by Gasteiger charge is -2.35. The maximum absolute atomic E-state index is 13.2. The molecule has 0 aliphatic carbocycles. The van der Waals surface area contributed by atoms with Crippen LogP contribution in [0.2, 0.25) is 0 Å². The van der Waals surface area contributed by atoms with Crippen LogP contribution >= 0.6 is 0 Å². The van der Waals surface area contributed by atoms with Gasteiger partial charge in [0.2, 0.25) is 0 Å². The van der Waals surface area contributed by atoms with Crippen LogP contribution in [0.4, 0.5) is 0 Å². The van der Waals surface area contributed by atoms with E-state index in [4.69, 9.17) is 4.74 Å². The van der Waals surface area contributed by atoms with Crippen molar-refractivity contribution in [3.05, 3.63) is 81.4 Å². The Hall–Kier alpha value is -3.52. The second kappa shape index (κ2) is 10.2. The number of hydrogen-bond donors (Lipinski definition) is 1. The normalized spacial score (nSPS) is 13.0. The molecule has 2 heterocycles. The summed E-state index contributed by atoms with van der Waals surface area (Å²) in [6.45, 7) is 13.7. The number of fused-ring (bicyclic) bond motifs is 1. The Balaban J connectivity index is 1.80. The van der Waals surface area contributed by atoms with Gasteiger partial charge in [-0.2, -0.15) is 0 Å². The zero-order valence-electron chi connectivity index (χ0n) is 22.2. The van der Waals surface area contributed by atoms with E-state index in [2.05, 4.69) is 72.2 Å². The molecule has 1 atom stereocenters. The van der Waals surface area contributed by atoms with Crippen LogP contribution < -0.4 is 10.3 Å². The van der Waals surface area contributed by atoms with Crippen molar-refractivity contribution in [2.75, 3.05) is 7.11 Å². The van der Waals surface area contributed by atoms with Gasteiger partial charge in [-0.05, 0) is 78.8 Å². The summed E-state index contributed by atoms with van der Waals surface area (Å²) in [7, 11) is 1.66. The van der Waals surface area contributed by atoms with Crippen molar-refractivity contribution in [1.82, 2.24) is 30.1 Å². The van der Waals surface area contributed by atoms with Crippen LogP contribution in [0, 0.1) is 12.8 Å². The smallest absolute Gasteiger partial charge is 0.252 e.